The molecule has 0 saturated carbocycles. The maximum absolute atomic E-state index is 12.7. The monoisotopic (exact) mass is 323 g/mol. The van der Waals surface area contributed by atoms with Crippen molar-refractivity contribution < 1.29 is 9.53 Å². The zero-order chi connectivity index (χ0) is 17.1. The third kappa shape index (κ3) is 3.25. The van der Waals surface area contributed by atoms with Crippen LogP contribution in [0, 0.1) is 0 Å². The molecule has 3 rings (SSSR count). The van der Waals surface area contributed by atoms with Gasteiger partial charge < -0.3 is 14.6 Å². The van der Waals surface area contributed by atoms with Gasteiger partial charge in [0, 0.05) is 18.7 Å². The largest absolute Gasteiger partial charge is 0.497 e. The highest BCUT2D eigenvalue weighted by molar-refractivity contribution is 5.97. The molecular weight excluding hydrogens is 302 g/mol. The van der Waals surface area contributed by atoms with Gasteiger partial charge >= 0.3 is 0 Å². The van der Waals surface area contributed by atoms with Crippen LogP contribution in [0.2, 0.25) is 0 Å². The van der Waals surface area contributed by atoms with Crippen molar-refractivity contribution in [3.63, 3.8) is 0 Å². The van der Waals surface area contributed by atoms with E-state index in [-0.39, 0.29) is 11.9 Å². The standard InChI is InChI=1S/C19H21N3O2/c1-13(10-14-4-7-16(24-3)8-5-14)22(2)19(23)15-6-9-17-18(11-15)21-12-20-17/h4-9,11-13H,10H2,1-3H3,(H,20,21)/t13-/m0/s1. The summed E-state index contributed by atoms with van der Waals surface area (Å²) in [4.78, 5) is 21.7. The zero-order valence-corrected chi connectivity index (χ0v) is 14.1. The fourth-order valence-electron chi connectivity index (χ4n) is 2.71. The van der Waals surface area contributed by atoms with Crippen molar-refractivity contribution in [1.29, 1.82) is 0 Å². The van der Waals surface area contributed by atoms with E-state index in [9.17, 15) is 4.79 Å². The molecular formula is C19H21N3O2. The molecule has 3 aromatic rings. The predicted octanol–water partition coefficient (Wildman–Crippen LogP) is 3.27. The average molecular weight is 323 g/mol. The van der Waals surface area contributed by atoms with E-state index in [0.717, 1.165) is 23.2 Å². The molecule has 0 aliphatic heterocycles. The summed E-state index contributed by atoms with van der Waals surface area (Å²) in [6.07, 6.45) is 2.42. The lowest BCUT2D eigenvalue weighted by Crippen LogP contribution is -2.36. The second-order valence-corrected chi connectivity index (χ2v) is 5.95. The fourth-order valence-corrected chi connectivity index (χ4v) is 2.71. The highest BCUT2D eigenvalue weighted by atomic mass is 16.5. The number of hydrogen-bond acceptors (Lipinski definition) is 3. The number of rotatable bonds is 5. The molecule has 0 spiro atoms. The molecule has 0 fully saturated rings. The van der Waals surface area contributed by atoms with Crippen LogP contribution in [-0.2, 0) is 6.42 Å². The fraction of sp³-hybridized carbons (Fsp3) is 0.263. The van der Waals surface area contributed by atoms with E-state index in [4.69, 9.17) is 4.74 Å². The Bertz CT molecular complexity index is 839. The third-order valence-electron chi connectivity index (χ3n) is 4.34. The SMILES string of the molecule is COc1ccc(C[C@H](C)N(C)C(=O)c2ccc3nc[nH]c3c2)cc1. The lowest BCUT2D eigenvalue weighted by Gasteiger charge is -2.25. The molecule has 0 saturated heterocycles. The summed E-state index contributed by atoms with van der Waals surface area (Å²) in [7, 11) is 3.49. The Labute approximate surface area is 141 Å². The maximum Gasteiger partial charge on any atom is 0.253 e. The molecule has 1 N–H and O–H groups in total. The Hall–Kier alpha value is -2.82. The van der Waals surface area contributed by atoms with Gasteiger partial charge in [0.1, 0.15) is 5.75 Å². The number of ether oxygens (including phenoxy) is 1. The smallest absolute Gasteiger partial charge is 0.253 e. The molecule has 0 aliphatic rings. The van der Waals surface area contributed by atoms with Crippen molar-refractivity contribution in [3.8, 4) is 5.75 Å². The van der Waals surface area contributed by atoms with Gasteiger partial charge in [0.05, 0.1) is 24.5 Å². The van der Waals surface area contributed by atoms with Crippen LogP contribution in [-0.4, -0.2) is 41.0 Å². The van der Waals surface area contributed by atoms with Crippen LogP contribution in [0.25, 0.3) is 11.0 Å². The van der Waals surface area contributed by atoms with E-state index in [1.807, 2.05) is 49.5 Å². The first-order valence-electron chi connectivity index (χ1n) is 7.91. The number of carbonyl (C=O) groups excluding carboxylic acids is 1. The number of aromatic nitrogens is 2. The van der Waals surface area contributed by atoms with Gasteiger partial charge in [-0.05, 0) is 49.2 Å². The van der Waals surface area contributed by atoms with E-state index in [2.05, 4.69) is 16.9 Å². The Morgan fingerprint density at radius 1 is 1.25 bits per heavy atom. The van der Waals surface area contributed by atoms with Gasteiger partial charge in [-0.25, -0.2) is 4.98 Å². The van der Waals surface area contributed by atoms with Crippen LogP contribution >= 0.6 is 0 Å². The summed E-state index contributed by atoms with van der Waals surface area (Å²) in [5.74, 6) is 0.844. The number of hydrogen-bond donors (Lipinski definition) is 1. The van der Waals surface area contributed by atoms with Crippen molar-refractivity contribution in [3.05, 3.63) is 59.9 Å². The summed E-state index contributed by atoms with van der Waals surface area (Å²) in [5.41, 5.74) is 3.57. The minimum Gasteiger partial charge on any atom is -0.497 e. The molecule has 1 aromatic heterocycles. The van der Waals surface area contributed by atoms with E-state index < -0.39 is 0 Å². The van der Waals surface area contributed by atoms with Crippen LogP contribution in [0.15, 0.2) is 48.8 Å². The first kappa shape index (κ1) is 16.1. The molecule has 24 heavy (non-hydrogen) atoms. The van der Waals surface area contributed by atoms with Crippen molar-refractivity contribution in [2.24, 2.45) is 0 Å². The number of imidazole rings is 1. The van der Waals surface area contributed by atoms with Crippen LogP contribution < -0.4 is 4.74 Å². The quantitative estimate of drug-likeness (QED) is 0.784. The van der Waals surface area contributed by atoms with E-state index in [1.54, 1.807) is 18.3 Å². The van der Waals surface area contributed by atoms with Crippen molar-refractivity contribution in [1.82, 2.24) is 14.9 Å². The van der Waals surface area contributed by atoms with Crippen LogP contribution in [0.1, 0.15) is 22.8 Å². The average Bonchev–Trinajstić information content (AvgIpc) is 3.08. The molecule has 0 bridgehead atoms. The lowest BCUT2D eigenvalue weighted by atomic mass is 10.0. The number of carbonyl (C=O) groups is 1. The Kier molecular flexibility index (Phi) is 4.51. The summed E-state index contributed by atoms with van der Waals surface area (Å²) < 4.78 is 5.17. The first-order valence-corrected chi connectivity index (χ1v) is 7.91. The summed E-state index contributed by atoms with van der Waals surface area (Å²) in [5, 5.41) is 0. The van der Waals surface area contributed by atoms with Gasteiger partial charge in [0.25, 0.3) is 5.91 Å². The summed E-state index contributed by atoms with van der Waals surface area (Å²) >= 11 is 0. The second-order valence-electron chi connectivity index (χ2n) is 5.95. The molecule has 1 atom stereocenters. The topological polar surface area (TPSA) is 58.2 Å². The zero-order valence-electron chi connectivity index (χ0n) is 14.1. The number of methoxy groups -OCH3 is 1. The van der Waals surface area contributed by atoms with Gasteiger partial charge in [-0.2, -0.15) is 0 Å². The summed E-state index contributed by atoms with van der Waals surface area (Å²) in [6, 6.07) is 13.6. The highest BCUT2D eigenvalue weighted by Gasteiger charge is 2.18. The first-order chi connectivity index (χ1) is 11.6. The molecule has 0 aliphatic carbocycles. The molecule has 1 heterocycles. The highest BCUT2D eigenvalue weighted by Crippen LogP contribution is 2.17. The predicted molar refractivity (Wildman–Crippen MR) is 94.3 cm³/mol. The Balaban J connectivity index is 1.71. The number of aromatic amines is 1. The Morgan fingerprint density at radius 3 is 2.71 bits per heavy atom. The van der Waals surface area contributed by atoms with E-state index in [1.165, 1.54) is 5.56 Å². The van der Waals surface area contributed by atoms with Crippen LogP contribution in [0.4, 0.5) is 0 Å². The Morgan fingerprint density at radius 2 is 2.00 bits per heavy atom. The van der Waals surface area contributed by atoms with E-state index in [0.29, 0.717) is 5.56 Å². The maximum atomic E-state index is 12.7. The van der Waals surface area contributed by atoms with Gasteiger partial charge in [-0.3, -0.25) is 4.79 Å². The van der Waals surface area contributed by atoms with Gasteiger partial charge in [-0.1, -0.05) is 12.1 Å². The number of amides is 1. The van der Waals surface area contributed by atoms with E-state index >= 15 is 0 Å². The normalized spacial score (nSPS) is 12.1. The number of likely N-dealkylation sites (N-methyl/N-ethyl adjacent to an activating group) is 1. The number of H-pyrrole nitrogens is 1. The molecule has 2 aromatic carbocycles. The van der Waals surface area contributed by atoms with Crippen molar-refractivity contribution >= 4 is 16.9 Å². The second kappa shape index (κ2) is 6.74. The minimum absolute atomic E-state index is 0.00696. The molecule has 0 unspecified atom stereocenters. The number of nitrogens with one attached hydrogen (secondary N) is 1. The molecule has 124 valence electrons. The van der Waals surface area contributed by atoms with Gasteiger partial charge in [0.2, 0.25) is 0 Å². The molecule has 5 heteroatoms. The van der Waals surface area contributed by atoms with Crippen LogP contribution in [0.3, 0.4) is 0 Å². The van der Waals surface area contributed by atoms with Crippen molar-refractivity contribution in [2.45, 2.75) is 19.4 Å². The van der Waals surface area contributed by atoms with Gasteiger partial charge in [0.15, 0.2) is 0 Å². The molecule has 5 nitrogen and oxygen atoms in total. The minimum atomic E-state index is 0.00696. The van der Waals surface area contributed by atoms with Gasteiger partial charge in [-0.15, -0.1) is 0 Å². The molecule has 0 radical (unpaired) electrons. The number of benzene rings is 2. The number of nitrogens with zero attached hydrogens (tertiary/aromatic N) is 2. The molecule has 1 amide bonds. The van der Waals surface area contributed by atoms with Crippen molar-refractivity contribution in [2.75, 3.05) is 14.2 Å². The van der Waals surface area contributed by atoms with Crippen LogP contribution in [0.5, 0.6) is 5.75 Å². The third-order valence-corrected chi connectivity index (χ3v) is 4.34. The number of fused-ring (bicyclic) bond motifs is 1. The summed E-state index contributed by atoms with van der Waals surface area (Å²) in [6.45, 7) is 2.05. The lowest BCUT2D eigenvalue weighted by molar-refractivity contribution is 0.0743.